The third-order valence-electron chi connectivity index (χ3n) is 5.75. The molecule has 0 radical (unpaired) electrons. The fraction of sp³-hybridized carbons (Fsp3) is 0.333. The van der Waals surface area contributed by atoms with Crippen molar-refractivity contribution in [3.8, 4) is 0 Å². The number of benzene rings is 2. The van der Waals surface area contributed by atoms with Gasteiger partial charge in [0.25, 0.3) is 0 Å². The summed E-state index contributed by atoms with van der Waals surface area (Å²) in [4.78, 5) is 6.46. The number of hydrogen-bond acceptors (Lipinski definition) is 1. The minimum Gasteiger partial charge on any atom is -0.358 e. The maximum absolute atomic E-state index is 3.68. The molecule has 1 aromatic heterocycles. The second-order valence-electron chi connectivity index (χ2n) is 6.99. The smallest absolute Gasteiger partial charge is 0.0459 e. The van der Waals surface area contributed by atoms with Crippen LogP contribution in [0, 0.1) is 0 Å². The number of aromatic nitrogens is 1. The molecule has 0 spiro atoms. The Hall–Kier alpha value is -2.06. The van der Waals surface area contributed by atoms with E-state index < -0.39 is 0 Å². The van der Waals surface area contributed by atoms with Crippen LogP contribution in [-0.2, 0) is 12.8 Å². The standard InChI is InChI=1S/C21H22N2/c1-2-6-15(7-3-1)12-13-23-16-10-11-20(23)21-17-8-4-5-9-18(17)22-19(21)14-16/h1-9,16,20,22H,10-14H2/t16-,20+/m0/s1. The van der Waals surface area contributed by atoms with Crippen molar-refractivity contribution in [1.82, 2.24) is 9.88 Å². The molecule has 2 atom stereocenters. The first kappa shape index (κ1) is 13.4. The van der Waals surface area contributed by atoms with Gasteiger partial charge in [-0.25, -0.2) is 0 Å². The molecule has 0 saturated carbocycles. The third-order valence-corrected chi connectivity index (χ3v) is 5.75. The second-order valence-corrected chi connectivity index (χ2v) is 6.99. The van der Waals surface area contributed by atoms with Gasteiger partial charge in [0.2, 0.25) is 0 Å². The summed E-state index contributed by atoms with van der Waals surface area (Å²) in [5, 5.41) is 1.44. The van der Waals surface area contributed by atoms with E-state index in [1.165, 1.54) is 48.0 Å². The maximum atomic E-state index is 3.68. The van der Waals surface area contributed by atoms with Crippen LogP contribution >= 0.6 is 0 Å². The molecule has 2 aromatic carbocycles. The predicted molar refractivity (Wildman–Crippen MR) is 94.6 cm³/mol. The number of nitrogens with one attached hydrogen (secondary N) is 1. The Bertz CT molecular complexity index is 833. The summed E-state index contributed by atoms with van der Waals surface area (Å²) in [5.74, 6) is 0. The normalized spacial score (nSPS) is 23.3. The molecule has 2 aliphatic rings. The molecule has 5 rings (SSSR count). The van der Waals surface area contributed by atoms with Crippen molar-refractivity contribution in [1.29, 1.82) is 0 Å². The number of fused-ring (bicyclic) bond motifs is 6. The molecule has 3 aromatic rings. The van der Waals surface area contributed by atoms with Crippen molar-refractivity contribution in [2.45, 2.75) is 37.8 Å². The van der Waals surface area contributed by atoms with Crippen LogP contribution in [0.25, 0.3) is 10.9 Å². The predicted octanol–water partition coefficient (Wildman–Crippen LogP) is 4.47. The van der Waals surface area contributed by atoms with Gasteiger partial charge in [-0.1, -0.05) is 48.5 Å². The Balaban J connectivity index is 1.46. The number of para-hydroxylation sites is 1. The quantitative estimate of drug-likeness (QED) is 0.756. The Morgan fingerprint density at radius 1 is 0.957 bits per heavy atom. The average molecular weight is 302 g/mol. The summed E-state index contributed by atoms with van der Waals surface area (Å²) in [7, 11) is 0. The van der Waals surface area contributed by atoms with Gasteiger partial charge in [0.15, 0.2) is 0 Å². The lowest BCUT2D eigenvalue weighted by atomic mass is 9.96. The fourth-order valence-electron chi connectivity index (χ4n) is 4.70. The molecule has 2 aliphatic heterocycles. The number of rotatable bonds is 3. The van der Waals surface area contributed by atoms with Crippen LogP contribution in [0.5, 0.6) is 0 Å². The van der Waals surface area contributed by atoms with Gasteiger partial charge in [-0.2, -0.15) is 0 Å². The zero-order valence-electron chi connectivity index (χ0n) is 13.3. The summed E-state index contributed by atoms with van der Waals surface area (Å²) in [5.41, 5.74) is 5.85. The largest absolute Gasteiger partial charge is 0.358 e. The monoisotopic (exact) mass is 302 g/mol. The number of aromatic amines is 1. The Morgan fingerprint density at radius 2 is 1.78 bits per heavy atom. The van der Waals surface area contributed by atoms with E-state index in [9.17, 15) is 0 Å². The van der Waals surface area contributed by atoms with Crippen molar-refractivity contribution >= 4 is 10.9 Å². The third kappa shape index (κ3) is 2.13. The molecule has 2 nitrogen and oxygen atoms in total. The van der Waals surface area contributed by atoms with Crippen LogP contribution in [0.15, 0.2) is 54.6 Å². The van der Waals surface area contributed by atoms with Crippen LogP contribution < -0.4 is 0 Å². The average Bonchev–Trinajstić information content (AvgIpc) is 3.10. The molecule has 0 aliphatic carbocycles. The van der Waals surface area contributed by atoms with E-state index in [1.54, 1.807) is 5.56 Å². The molecule has 0 amide bonds. The Kier molecular flexibility index (Phi) is 3.05. The van der Waals surface area contributed by atoms with Crippen molar-refractivity contribution in [3.05, 3.63) is 71.4 Å². The molecule has 0 unspecified atom stereocenters. The van der Waals surface area contributed by atoms with Crippen molar-refractivity contribution in [2.75, 3.05) is 6.54 Å². The molecule has 1 N–H and O–H groups in total. The molecule has 1 saturated heterocycles. The SMILES string of the molecule is c1ccc(CCN2[C@H]3CC[C@@H]2c2c([nH]c4ccccc24)C3)cc1. The fourth-order valence-corrected chi connectivity index (χ4v) is 4.70. The molecule has 1 fully saturated rings. The second kappa shape index (κ2) is 5.24. The van der Waals surface area contributed by atoms with Gasteiger partial charge < -0.3 is 4.98 Å². The lowest BCUT2D eigenvalue weighted by Crippen LogP contribution is -2.38. The molecule has 2 heteroatoms. The summed E-state index contributed by atoms with van der Waals surface area (Å²) in [6, 6.07) is 21.1. The van der Waals surface area contributed by atoms with Crippen molar-refractivity contribution in [3.63, 3.8) is 0 Å². The molecule has 23 heavy (non-hydrogen) atoms. The molecular weight excluding hydrogens is 280 g/mol. The topological polar surface area (TPSA) is 19.0 Å². The van der Waals surface area contributed by atoms with Gasteiger partial charge >= 0.3 is 0 Å². The van der Waals surface area contributed by atoms with Crippen LogP contribution in [0.3, 0.4) is 0 Å². The number of hydrogen-bond donors (Lipinski definition) is 1. The first-order valence-corrected chi connectivity index (χ1v) is 8.79. The van der Waals surface area contributed by atoms with Gasteiger partial charge in [0, 0.05) is 41.6 Å². The first-order valence-electron chi connectivity index (χ1n) is 8.79. The van der Waals surface area contributed by atoms with E-state index in [-0.39, 0.29) is 0 Å². The van der Waals surface area contributed by atoms with Gasteiger partial charge in [-0.05, 0) is 36.5 Å². The highest BCUT2D eigenvalue weighted by atomic mass is 15.2. The van der Waals surface area contributed by atoms with Crippen LogP contribution in [0.2, 0.25) is 0 Å². The van der Waals surface area contributed by atoms with Crippen molar-refractivity contribution in [2.24, 2.45) is 0 Å². The number of nitrogens with zero attached hydrogens (tertiary/aromatic N) is 1. The van der Waals surface area contributed by atoms with Gasteiger partial charge in [0.05, 0.1) is 0 Å². The lowest BCUT2D eigenvalue weighted by Gasteiger charge is -2.35. The van der Waals surface area contributed by atoms with Gasteiger partial charge in [-0.15, -0.1) is 0 Å². The lowest BCUT2D eigenvalue weighted by molar-refractivity contribution is 0.180. The minimum atomic E-state index is 0.614. The first-order chi connectivity index (χ1) is 11.4. The summed E-state index contributed by atoms with van der Waals surface area (Å²) in [6.45, 7) is 1.18. The molecule has 2 bridgehead atoms. The Morgan fingerprint density at radius 3 is 2.70 bits per heavy atom. The highest BCUT2D eigenvalue weighted by Crippen LogP contribution is 2.46. The highest BCUT2D eigenvalue weighted by molar-refractivity contribution is 5.85. The van der Waals surface area contributed by atoms with Crippen LogP contribution in [-0.4, -0.2) is 22.5 Å². The van der Waals surface area contributed by atoms with Crippen molar-refractivity contribution < 1.29 is 0 Å². The summed E-state index contributed by atoms with van der Waals surface area (Å²) in [6.07, 6.45) is 5.01. The van der Waals surface area contributed by atoms with Gasteiger partial charge in [-0.3, -0.25) is 4.90 Å². The van der Waals surface area contributed by atoms with E-state index in [0.717, 1.165) is 12.5 Å². The maximum Gasteiger partial charge on any atom is 0.0459 e. The minimum absolute atomic E-state index is 0.614. The molecule has 3 heterocycles. The summed E-state index contributed by atoms with van der Waals surface area (Å²) >= 11 is 0. The van der Waals surface area contributed by atoms with Crippen LogP contribution in [0.1, 0.15) is 35.7 Å². The van der Waals surface area contributed by atoms with Gasteiger partial charge in [0.1, 0.15) is 0 Å². The van der Waals surface area contributed by atoms with E-state index in [4.69, 9.17) is 0 Å². The van der Waals surface area contributed by atoms with E-state index in [2.05, 4.69) is 64.5 Å². The van der Waals surface area contributed by atoms with E-state index >= 15 is 0 Å². The molecular formula is C21H22N2. The molecule has 116 valence electrons. The Labute approximate surface area is 137 Å². The highest BCUT2D eigenvalue weighted by Gasteiger charge is 2.41. The summed E-state index contributed by atoms with van der Waals surface area (Å²) < 4.78 is 0. The van der Waals surface area contributed by atoms with E-state index in [1.807, 2.05) is 0 Å². The van der Waals surface area contributed by atoms with Crippen LogP contribution in [0.4, 0.5) is 0 Å². The number of H-pyrrole nitrogens is 1. The zero-order chi connectivity index (χ0) is 15.2. The van der Waals surface area contributed by atoms with E-state index in [0.29, 0.717) is 6.04 Å². The zero-order valence-corrected chi connectivity index (χ0v) is 13.3.